The number of likely N-dealkylation sites (N-methyl/N-ethyl adjacent to an activating group) is 1. The summed E-state index contributed by atoms with van der Waals surface area (Å²) in [5.74, 6) is 0.815. The van der Waals surface area contributed by atoms with E-state index >= 15 is 0 Å². The molecule has 0 fully saturated rings. The quantitative estimate of drug-likeness (QED) is 0.585. The van der Waals surface area contributed by atoms with Crippen molar-refractivity contribution in [3.63, 3.8) is 0 Å². The molecule has 0 N–H and O–H groups in total. The van der Waals surface area contributed by atoms with Crippen LogP contribution < -0.4 is 0 Å². The lowest BCUT2D eigenvalue weighted by Crippen LogP contribution is -2.34. The fourth-order valence-corrected chi connectivity index (χ4v) is 3.95. The van der Waals surface area contributed by atoms with Crippen molar-refractivity contribution in [2.75, 3.05) is 13.1 Å². The molecule has 0 aliphatic rings. The molecule has 0 saturated carbocycles. The average Bonchev–Trinajstić information content (AvgIpc) is 3.08. The van der Waals surface area contributed by atoms with Gasteiger partial charge in [0.05, 0.1) is 0 Å². The van der Waals surface area contributed by atoms with E-state index < -0.39 is 0 Å². The van der Waals surface area contributed by atoms with E-state index in [1.54, 1.807) is 12.4 Å². The monoisotopic (exact) mass is 381 g/mol. The van der Waals surface area contributed by atoms with Crippen LogP contribution in [0.1, 0.15) is 24.7 Å². The first kappa shape index (κ1) is 19.1. The van der Waals surface area contributed by atoms with Crippen LogP contribution in [0.5, 0.6) is 0 Å². The summed E-state index contributed by atoms with van der Waals surface area (Å²) in [7, 11) is 1.91. The van der Waals surface area contributed by atoms with Crippen LogP contribution in [0.25, 0.3) is 11.4 Å². The molecule has 140 valence electrons. The first-order valence-electron chi connectivity index (χ1n) is 8.95. The van der Waals surface area contributed by atoms with Crippen LogP contribution >= 0.6 is 11.8 Å². The fraction of sp³-hybridized carbons (Fsp3) is 0.300. The van der Waals surface area contributed by atoms with E-state index in [4.69, 9.17) is 0 Å². The van der Waals surface area contributed by atoms with Crippen LogP contribution in [0.3, 0.4) is 0 Å². The Morgan fingerprint density at radius 3 is 2.48 bits per heavy atom. The molecule has 27 heavy (non-hydrogen) atoms. The minimum Gasteiger partial charge on any atom is -0.342 e. The molecule has 7 heteroatoms. The van der Waals surface area contributed by atoms with E-state index in [1.807, 2.05) is 72.8 Å². The summed E-state index contributed by atoms with van der Waals surface area (Å²) in [6.45, 7) is 5.35. The molecule has 1 amide bonds. The Labute approximate surface area is 163 Å². The molecule has 0 aliphatic heterocycles. The second kappa shape index (κ2) is 8.81. The number of hydrogen-bond donors (Lipinski definition) is 0. The van der Waals surface area contributed by atoms with Crippen LogP contribution in [0.15, 0.2) is 60.0 Å². The number of aromatic nitrogens is 4. The van der Waals surface area contributed by atoms with Gasteiger partial charge in [0.15, 0.2) is 11.0 Å². The fourth-order valence-electron chi connectivity index (χ4n) is 2.86. The van der Waals surface area contributed by atoms with Crippen LogP contribution in [-0.4, -0.2) is 43.6 Å². The van der Waals surface area contributed by atoms with Gasteiger partial charge in [-0.25, -0.2) is 0 Å². The predicted octanol–water partition coefficient (Wildman–Crippen LogP) is 3.58. The first-order valence-corrected chi connectivity index (χ1v) is 9.83. The summed E-state index contributed by atoms with van der Waals surface area (Å²) in [4.78, 5) is 19.1. The van der Waals surface area contributed by atoms with Gasteiger partial charge in [0.2, 0.25) is 5.91 Å². The number of carbonyl (C=O) groups excluding carboxylic acids is 1. The molecular weight excluding hydrogens is 358 g/mol. The summed E-state index contributed by atoms with van der Waals surface area (Å²) < 4.78 is 1.91. The van der Waals surface area contributed by atoms with Gasteiger partial charge in [0.25, 0.3) is 0 Å². The molecule has 1 unspecified atom stereocenters. The molecule has 2 aromatic heterocycles. The maximum Gasteiger partial charge on any atom is 0.240 e. The standard InChI is InChI=1S/C20H23N5OS/c1-4-25(5-2)19(26)17(15-10-7-6-8-11-15)27-20-23-22-18(24(20)3)16-12-9-13-21-14-16/h6-14,17H,4-5H2,1-3H3. The van der Waals surface area contributed by atoms with E-state index in [0.717, 1.165) is 17.0 Å². The zero-order valence-corrected chi connectivity index (χ0v) is 16.6. The number of hydrogen-bond acceptors (Lipinski definition) is 5. The average molecular weight is 382 g/mol. The second-order valence-corrected chi connectivity index (χ2v) is 7.10. The maximum atomic E-state index is 13.1. The van der Waals surface area contributed by atoms with Crippen molar-refractivity contribution in [1.82, 2.24) is 24.6 Å². The van der Waals surface area contributed by atoms with Crippen molar-refractivity contribution in [2.24, 2.45) is 7.05 Å². The lowest BCUT2D eigenvalue weighted by molar-refractivity contribution is -0.130. The smallest absolute Gasteiger partial charge is 0.240 e. The number of thioether (sulfide) groups is 1. The number of pyridine rings is 1. The topological polar surface area (TPSA) is 63.9 Å². The predicted molar refractivity (Wildman–Crippen MR) is 107 cm³/mol. The van der Waals surface area contributed by atoms with Gasteiger partial charge in [-0.05, 0) is 31.5 Å². The highest BCUT2D eigenvalue weighted by Gasteiger charge is 2.28. The van der Waals surface area contributed by atoms with Gasteiger partial charge in [0, 0.05) is 38.1 Å². The minimum absolute atomic E-state index is 0.0853. The van der Waals surface area contributed by atoms with E-state index in [1.165, 1.54) is 11.8 Å². The Hall–Kier alpha value is -2.67. The third-order valence-corrected chi connectivity index (χ3v) is 5.66. The number of rotatable bonds is 7. The molecule has 0 aliphatic carbocycles. The maximum absolute atomic E-state index is 13.1. The molecule has 0 spiro atoms. The Morgan fingerprint density at radius 2 is 1.85 bits per heavy atom. The largest absolute Gasteiger partial charge is 0.342 e. The Bertz CT molecular complexity index is 878. The van der Waals surface area contributed by atoms with Gasteiger partial charge >= 0.3 is 0 Å². The molecule has 1 atom stereocenters. The van der Waals surface area contributed by atoms with E-state index in [2.05, 4.69) is 15.2 Å². The zero-order valence-electron chi connectivity index (χ0n) is 15.7. The van der Waals surface area contributed by atoms with Gasteiger partial charge in [-0.15, -0.1) is 10.2 Å². The summed E-state index contributed by atoms with van der Waals surface area (Å²) in [5, 5.41) is 8.97. The molecule has 0 bridgehead atoms. The SMILES string of the molecule is CCN(CC)C(=O)C(Sc1nnc(-c2cccnc2)n1C)c1ccccc1. The Kier molecular flexibility index (Phi) is 6.24. The van der Waals surface area contributed by atoms with Crippen molar-refractivity contribution in [3.8, 4) is 11.4 Å². The van der Waals surface area contributed by atoms with Gasteiger partial charge in [-0.1, -0.05) is 42.1 Å². The van der Waals surface area contributed by atoms with Crippen molar-refractivity contribution in [1.29, 1.82) is 0 Å². The number of amides is 1. The van der Waals surface area contributed by atoms with Gasteiger partial charge in [-0.3, -0.25) is 9.78 Å². The van der Waals surface area contributed by atoms with Crippen molar-refractivity contribution in [2.45, 2.75) is 24.3 Å². The summed E-state index contributed by atoms with van der Waals surface area (Å²) in [5.41, 5.74) is 1.86. The van der Waals surface area contributed by atoms with Crippen LogP contribution in [0.4, 0.5) is 0 Å². The van der Waals surface area contributed by atoms with Crippen molar-refractivity contribution in [3.05, 3.63) is 60.4 Å². The summed E-state index contributed by atoms with van der Waals surface area (Å²) >= 11 is 1.43. The lowest BCUT2D eigenvalue weighted by atomic mass is 10.1. The lowest BCUT2D eigenvalue weighted by Gasteiger charge is -2.24. The Balaban J connectivity index is 1.93. The molecule has 3 rings (SSSR count). The van der Waals surface area contributed by atoms with E-state index in [-0.39, 0.29) is 11.2 Å². The molecular formula is C20H23N5OS. The summed E-state index contributed by atoms with van der Waals surface area (Å²) in [6, 6.07) is 13.6. The molecule has 1 aromatic carbocycles. The highest BCUT2D eigenvalue weighted by molar-refractivity contribution is 8.00. The van der Waals surface area contributed by atoms with Crippen molar-refractivity contribution >= 4 is 17.7 Å². The molecule has 2 heterocycles. The zero-order chi connectivity index (χ0) is 19.2. The van der Waals surface area contributed by atoms with Gasteiger partial charge in [0.1, 0.15) is 5.25 Å². The van der Waals surface area contributed by atoms with E-state index in [9.17, 15) is 4.79 Å². The second-order valence-electron chi connectivity index (χ2n) is 6.03. The molecule has 0 radical (unpaired) electrons. The first-order chi connectivity index (χ1) is 13.2. The summed E-state index contributed by atoms with van der Waals surface area (Å²) in [6.07, 6.45) is 3.48. The molecule has 6 nitrogen and oxygen atoms in total. The number of benzene rings is 1. The third kappa shape index (κ3) is 4.19. The third-order valence-electron chi connectivity index (χ3n) is 4.38. The Morgan fingerprint density at radius 1 is 1.11 bits per heavy atom. The highest BCUT2D eigenvalue weighted by Crippen LogP contribution is 2.36. The van der Waals surface area contributed by atoms with Crippen LogP contribution in [-0.2, 0) is 11.8 Å². The van der Waals surface area contributed by atoms with Gasteiger partial charge in [-0.2, -0.15) is 0 Å². The minimum atomic E-state index is -0.365. The molecule has 0 saturated heterocycles. The van der Waals surface area contributed by atoms with E-state index in [0.29, 0.717) is 18.2 Å². The van der Waals surface area contributed by atoms with Gasteiger partial charge < -0.3 is 9.47 Å². The van der Waals surface area contributed by atoms with Crippen LogP contribution in [0.2, 0.25) is 0 Å². The normalized spacial score (nSPS) is 12.0. The highest BCUT2D eigenvalue weighted by atomic mass is 32.2. The van der Waals surface area contributed by atoms with Crippen molar-refractivity contribution < 1.29 is 4.79 Å². The number of nitrogens with zero attached hydrogens (tertiary/aromatic N) is 5. The van der Waals surface area contributed by atoms with Crippen LogP contribution in [0, 0.1) is 0 Å². The molecule has 3 aromatic rings. The number of carbonyl (C=O) groups is 1.